The summed E-state index contributed by atoms with van der Waals surface area (Å²) in [6.07, 6.45) is 2.48. The Labute approximate surface area is 76.1 Å². The quantitative estimate of drug-likeness (QED) is 0.641. The van der Waals surface area contributed by atoms with Crippen molar-refractivity contribution in [1.29, 1.82) is 0 Å². The molecule has 1 aromatic rings. The van der Waals surface area contributed by atoms with Crippen LogP contribution in [0, 0.1) is 0 Å². The van der Waals surface area contributed by atoms with Gasteiger partial charge in [-0.2, -0.15) is 5.10 Å². The lowest BCUT2D eigenvalue weighted by Crippen LogP contribution is -2.10. The highest BCUT2D eigenvalue weighted by atomic mass is 16.5. The van der Waals surface area contributed by atoms with Gasteiger partial charge in [-0.1, -0.05) is 0 Å². The smallest absolute Gasteiger partial charge is 0.266 e. The number of ether oxygens (including phenoxy) is 1. The summed E-state index contributed by atoms with van der Waals surface area (Å²) in [7, 11) is 1.66. The zero-order valence-electron chi connectivity index (χ0n) is 7.54. The van der Waals surface area contributed by atoms with E-state index < -0.39 is 0 Å². The van der Waals surface area contributed by atoms with E-state index in [9.17, 15) is 4.79 Å². The third-order valence-corrected chi connectivity index (χ3v) is 1.52. The summed E-state index contributed by atoms with van der Waals surface area (Å²) in [6, 6.07) is 1.47. The molecule has 2 N–H and O–H groups in total. The Kier molecular flexibility index (Phi) is 3.98. The van der Waals surface area contributed by atoms with Gasteiger partial charge in [-0.05, 0) is 6.42 Å². The van der Waals surface area contributed by atoms with Gasteiger partial charge in [0, 0.05) is 26.3 Å². The molecule has 1 heterocycles. The van der Waals surface area contributed by atoms with E-state index in [4.69, 9.17) is 4.74 Å². The van der Waals surface area contributed by atoms with Crippen LogP contribution in [0.4, 0.5) is 5.69 Å². The number of aromatic nitrogens is 2. The summed E-state index contributed by atoms with van der Waals surface area (Å²) in [5.74, 6) is 0. The van der Waals surface area contributed by atoms with Crippen molar-refractivity contribution < 1.29 is 4.74 Å². The molecular formula is C8H13N3O2. The largest absolute Gasteiger partial charge is 0.385 e. The van der Waals surface area contributed by atoms with Gasteiger partial charge in [0.2, 0.25) is 0 Å². The monoisotopic (exact) mass is 183 g/mol. The maximum atomic E-state index is 10.8. The van der Waals surface area contributed by atoms with Gasteiger partial charge in [-0.25, -0.2) is 5.10 Å². The molecule has 0 atom stereocenters. The molecule has 0 bridgehead atoms. The van der Waals surface area contributed by atoms with Gasteiger partial charge in [0.05, 0.1) is 11.9 Å². The molecule has 0 spiro atoms. The molecule has 1 rings (SSSR count). The molecule has 13 heavy (non-hydrogen) atoms. The Bertz CT molecular complexity index is 297. The second kappa shape index (κ2) is 5.31. The lowest BCUT2D eigenvalue weighted by atomic mass is 10.4. The summed E-state index contributed by atoms with van der Waals surface area (Å²) >= 11 is 0. The van der Waals surface area contributed by atoms with Gasteiger partial charge in [-0.3, -0.25) is 4.79 Å². The van der Waals surface area contributed by atoms with E-state index in [1.807, 2.05) is 0 Å². The third-order valence-electron chi connectivity index (χ3n) is 1.52. The number of nitrogens with one attached hydrogen (secondary N) is 2. The standard InChI is InChI=1S/C8H13N3O2/c1-13-4-2-3-9-7-5-8(12)11-10-6-7/h5-6H,2-4H2,1H3,(H2,9,11,12). The molecule has 0 unspecified atom stereocenters. The number of rotatable bonds is 5. The van der Waals surface area contributed by atoms with Crippen LogP contribution < -0.4 is 10.9 Å². The van der Waals surface area contributed by atoms with E-state index in [-0.39, 0.29) is 5.56 Å². The zero-order valence-corrected chi connectivity index (χ0v) is 7.54. The van der Waals surface area contributed by atoms with E-state index in [0.717, 1.165) is 18.7 Å². The number of methoxy groups -OCH3 is 1. The first-order valence-corrected chi connectivity index (χ1v) is 4.10. The molecule has 0 saturated carbocycles. The summed E-state index contributed by atoms with van der Waals surface area (Å²) in [4.78, 5) is 10.8. The van der Waals surface area contributed by atoms with Crippen LogP contribution in [0.2, 0.25) is 0 Å². The summed E-state index contributed by atoms with van der Waals surface area (Å²) in [5, 5.41) is 9.01. The van der Waals surface area contributed by atoms with Crippen molar-refractivity contribution in [1.82, 2.24) is 10.2 Å². The maximum Gasteiger partial charge on any atom is 0.266 e. The molecule has 0 amide bonds. The fraction of sp³-hybridized carbons (Fsp3) is 0.500. The summed E-state index contributed by atoms with van der Waals surface area (Å²) in [5.41, 5.74) is 0.539. The van der Waals surface area contributed by atoms with E-state index in [0.29, 0.717) is 6.61 Å². The number of hydrogen-bond donors (Lipinski definition) is 2. The van der Waals surface area contributed by atoms with Crippen LogP contribution in [-0.2, 0) is 4.74 Å². The molecule has 1 aromatic heterocycles. The fourth-order valence-electron chi connectivity index (χ4n) is 0.922. The molecule has 0 saturated heterocycles. The van der Waals surface area contributed by atoms with Crippen LogP contribution in [0.5, 0.6) is 0 Å². The lowest BCUT2D eigenvalue weighted by Gasteiger charge is -2.03. The lowest BCUT2D eigenvalue weighted by molar-refractivity contribution is 0.198. The first-order chi connectivity index (χ1) is 6.33. The Morgan fingerprint density at radius 3 is 3.23 bits per heavy atom. The van der Waals surface area contributed by atoms with Crippen LogP contribution in [0.25, 0.3) is 0 Å². The van der Waals surface area contributed by atoms with E-state index in [1.54, 1.807) is 13.3 Å². The summed E-state index contributed by atoms with van der Waals surface area (Å²) < 4.78 is 4.88. The Morgan fingerprint density at radius 2 is 2.54 bits per heavy atom. The fourth-order valence-corrected chi connectivity index (χ4v) is 0.922. The van der Waals surface area contributed by atoms with Crippen molar-refractivity contribution in [2.24, 2.45) is 0 Å². The second-order valence-corrected chi connectivity index (χ2v) is 2.61. The van der Waals surface area contributed by atoms with Gasteiger partial charge in [-0.15, -0.1) is 0 Å². The average molecular weight is 183 g/mol. The number of aromatic amines is 1. The second-order valence-electron chi connectivity index (χ2n) is 2.61. The van der Waals surface area contributed by atoms with Crippen molar-refractivity contribution in [3.63, 3.8) is 0 Å². The Balaban J connectivity index is 2.33. The predicted molar refractivity (Wildman–Crippen MR) is 49.8 cm³/mol. The molecule has 0 aliphatic rings. The molecule has 0 aromatic carbocycles. The van der Waals surface area contributed by atoms with Gasteiger partial charge in [0.1, 0.15) is 0 Å². The normalized spacial score (nSPS) is 9.92. The molecule has 0 aliphatic carbocycles. The Morgan fingerprint density at radius 1 is 1.69 bits per heavy atom. The first kappa shape index (κ1) is 9.73. The van der Waals surface area contributed by atoms with Gasteiger partial charge in [0.25, 0.3) is 5.56 Å². The zero-order chi connectivity index (χ0) is 9.52. The highest BCUT2D eigenvalue weighted by Gasteiger charge is 1.92. The van der Waals surface area contributed by atoms with E-state index in [1.165, 1.54) is 6.07 Å². The van der Waals surface area contributed by atoms with E-state index >= 15 is 0 Å². The van der Waals surface area contributed by atoms with Crippen molar-refractivity contribution in [3.8, 4) is 0 Å². The molecular weight excluding hydrogens is 170 g/mol. The third kappa shape index (κ3) is 3.71. The minimum atomic E-state index is -0.197. The van der Waals surface area contributed by atoms with Crippen LogP contribution in [0.1, 0.15) is 6.42 Å². The van der Waals surface area contributed by atoms with E-state index in [2.05, 4.69) is 15.5 Å². The van der Waals surface area contributed by atoms with Crippen LogP contribution in [0.3, 0.4) is 0 Å². The minimum Gasteiger partial charge on any atom is -0.385 e. The van der Waals surface area contributed by atoms with Gasteiger partial charge < -0.3 is 10.1 Å². The molecule has 0 fully saturated rings. The number of H-pyrrole nitrogens is 1. The van der Waals surface area contributed by atoms with Gasteiger partial charge in [0.15, 0.2) is 0 Å². The van der Waals surface area contributed by atoms with Crippen LogP contribution in [-0.4, -0.2) is 30.5 Å². The van der Waals surface area contributed by atoms with Gasteiger partial charge >= 0.3 is 0 Å². The highest BCUT2D eigenvalue weighted by Crippen LogP contribution is 1.97. The predicted octanol–water partition coefficient (Wildman–Crippen LogP) is 0.218. The molecule has 72 valence electrons. The van der Waals surface area contributed by atoms with Crippen molar-refractivity contribution in [2.45, 2.75) is 6.42 Å². The number of hydrogen-bond acceptors (Lipinski definition) is 4. The molecule has 0 radical (unpaired) electrons. The summed E-state index contributed by atoms with van der Waals surface area (Å²) in [6.45, 7) is 1.49. The first-order valence-electron chi connectivity index (χ1n) is 4.10. The van der Waals surface area contributed by atoms with Crippen molar-refractivity contribution in [2.75, 3.05) is 25.6 Å². The topological polar surface area (TPSA) is 67.0 Å². The SMILES string of the molecule is COCCCNc1cn[nH]c(=O)c1. The van der Waals surface area contributed by atoms with Crippen LogP contribution in [0.15, 0.2) is 17.1 Å². The highest BCUT2D eigenvalue weighted by molar-refractivity contribution is 5.38. The van der Waals surface area contributed by atoms with Crippen molar-refractivity contribution >= 4 is 5.69 Å². The number of nitrogens with zero attached hydrogens (tertiary/aromatic N) is 1. The van der Waals surface area contributed by atoms with Crippen LogP contribution >= 0.6 is 0 Å². The maximum absolute atomic E-state index is 10.8. The molecule has 5 heteroatoms. The minimum absolute atomic E-state index is 0.197. The molecule has 0 aliphatic heterocycles. The molecule has 5 nitrogen and oxygen atoms in total. The average Bonchev–Trinajstić information content (AvgIpc) is 2.13. The number of anilines is 1. The van der Waals surface area contributed by atoms with Crippen molar-refractivity contribution in [3.05, 3.63) is 22.6 Å². The Hall–Kier alpha value is -1.36.